The summed E-state index contributed by atoms with van der Waals surface area (Å²) in [4.78, 5) is 15.8. The smallest absolute Gasteiger partial charge is 0.168 e. The number of aromatic nitrogens is 1. The lowest BCUT2D eigenvalue weighted by molar-refractivity contribution is 0.0856. The van der Waals surface area contributed by atoms with Crippen molar-refractivity contribution >= 4 is 16.7 Å². The minimum absolute atomic E-state index is 0.271. The number of hydrogen-bond donors (Lipinski definition) is 1. The van der Waals surface area contributed by atoms with Crippen LogP contribution in [0.15, 0.2) is 18.2 Å². The van der Waals surface area contributed by atoms with Crippen molar-refractivity contribution in [3.63, 3.8) is 0 Å². The molecule has 1 saturated carbocycles. The third kappa shape index (κ3) is 1.51. The van der Waals surface area contributed by atoms with Gasteiger partial charge in [-0.05, 0) is 32.3 Å². The maximum Gasteiger partial charge on any atom is 0.168 e. The average Bonchev–Trinajstić information content (AvgIpc) is 2.53. The molecule has 88 valence electrons. The molecular formula is C15H17NO. The Hall–Kier alpha value is -1.57. The van der Waals surface area contributed by atoms with Crippen molar-refractivity contribution in [2.45, 2.75) is 33.1 Å². The highest BCUT2D eigenvalue weighted by atomic mass is 16.1. The molecule has 0 aliphatic heterocycles. The van der Waals surface area contributed by atoms with Crippen molar-refractivity contribution in [2.24, 2.45) is 5.92 Å². The number of rotatable bonds is 2. The first kappa shape index (κ1) is 10.6. The summed E-state index contributed by atoms with van der Waals surface area (Å²) in [5.74, 6) is 0.610. The largest absolute Gasteiger partial charge is 0.358 e. The lowest BCUT2D eigenvalue weighted by Gasteiger charge is -2.23. The molecule has 2 heteroatoms. The van der Waals surface area contributed by atoms with E-state index < -0.39 is 0 Å². The van der Waals surface area contributed by atoms with Gasteiger partial charge in [0.1, 0.15) is 0 Å². The van der Waals surface area contributed by atoms with Gasteiger partial charge < -0.3 is 4.98 Å². The summed E-state index contributed by atoms with van der Waals surface area (Å²) >= 11 is 0. The van der Waals surface area contributed by atoms with Gasteiger partial charge in [-0.15, -0.1) is 0 Å². The number of nitrogens with one attached hydrogen (secondary N) is 1. The highest BCUT2D eigenvalue weighted by molar-refractivity contribution is 6.10. The molecular weight excluding hydrogens is 210 g/mol. The number of hydrogen-bond acceptors (Lipinski definition) is 1. The van der Waals surface area contributed by atoms with Gasteiger partial charge in [-0.25, -0.2) is 0 Å². The molecule has 1 aromatic carbocycles. The van der Waals surface area contributed by atoms with Gasteiger partial charge in [0, 0.05) is 28.1 Å². The Labute approximate surface area is 101 Å². The first-order valence-electron chi connectivity index (χ1n) is 6.30. The number of para-hydroxylation sites is 1. The SMILES string of the molecule is Cc1[nH]c2c(C)cccc2c1C(=O)C1CCC1. The van der Waals surface area contributed by atoms with E-state index in [0.29, 0.717) is 5.78 Å². The van der Waals surface area contributed by atoms with Crippen LogP contribution in [0.1, 0.15) is 40.9 Å². The van der Waals surface area contributed by atoms with Crippen LogP contribution in [0.4, 0.5) is 0 Å². The van der Waals surface area contributed by atoms with Gasteiger partial charge in [0.05, 0.1) is 0 Å². The Morgan fingerprint density at radius 3 is 2.71 bits per heavy atom. The number of aryl methyl sites for hydroxylation is 2. The van der Waals surface area contributed by atoms with Gasteiger partial charge in [-0.2, -0.15) is 0 Å². The van der Waals surface area contributed by atoms with E-state index in [9.17, 15) is 4.79 Å². The summed E-state index contributed by atoms with van der Waals surface area (Å²) in [5.41, 5.74) is 4.27. The van der Waals surface area contributed by atoms with Crippen LogP contribution in [0.5, 0.6) is 0 Å². The minimum Gasteiger partial charge on any atom is -0.358 e. The van der Waals surface area contributed by atoms with E-state index in [1.807, 2.05) is 13.0 Å². The number of fused-ring (bicyclic) bond motifs is 1. The predicted octanol–water partition coefficient (Wildman–Crippen LogP) is 3.77. The fourth-order valence-electron chi connectivity index (χ4n) is 2.69. The van der Waals surface area contributed by atoms with Crippen LogP contribution in [0.3, 0.4) is 0 Å². The van der Waals surface area contributed by atoms with Crippen LogP contribution in [-0.2, 0) is 0 Å². The Kier molecular flexibility index (Phi) is 2.32. The van der Waals surface area contributed by atoms with E-state index >= 15 is 0 Å². The lowest BCUT2D eigenvalue weighted by atomic mass is 9.79. The van der Waals surface area contributed by atoms with Crippen LogP contribution in [0, 0.1) is 19.8 Å². The zero-order chi connectivity index (χ0) is 12.0. The van der Waals surface area contributed by atoms with Crippen LogP contribution < -0.4 is 0 Å². The van der Waals surface area contributed by atoms with E-state index in [1.54, 1.807) is 0 Å². The normalized spacial score (nSPS) is 16.1. The molecule has 0 radical (unpaired) electrons. The Morgan fingerprint density at radius 2 is 2.06 bits per heavy atom. The molecule has 1 fully saturated rings. The first-order chi connectivity index (χ1) is 8.18. The van der Waals surface area contributed by atoms with Crippen molar-refractivity contribution in [3.8, 4) is 0 Å². The predicted molar refractivity (Wildman–Crippen MR) is 69.4 cm³/mol. The fourth-order valence-corrected chi connectivity index (χ4v) is 2.69. The van der Waals surface area contributed by atoms with Crippen molar-refractivity contribution in [2.75, 3.05) is 0 Å². The highest BCUT2D eigenvalue weighted by Crippen LogP contribution is 2.34. The zero-order valence-corrected chi connectivity index (χ0v) is 10.3. The van der Waals surface area contributed by atoms with Crippen LogP contribution in [0.2, 0.25) is 0 Å². The summed E-state index contributed by atoms with van der Waals surface area (Å²) in [5, 5.41) is 1.10. The average molecular weight is 227 g/mol. The maximum absolute atomic E-state index is 12.4. The number of aromatic amines is 1. The van der Waals surface area contributed by atoms with Gasteiger partial charge >= 0.3 is 0 Å². The van der Waals surface area contributed by atoms with Gasteiger partial charge in [-0.1, -0.05) is 24.6 Å². The number of benzene rings is 1. The van der Waals surface area contributed by atoms with Gasteiger partial charge in [0.25, 0.3) is 0 Å². The van der Waals surface area contributed by atoms with Crippen molar-refractivity contribution in [1.82, 2.24) is 4.98 Å². The Morgan fingerprint density at radius 1 is 1.29 bits per heavy atom. The third-order valence-electron chi connectivity index (χ3n) is 3.95. The standard InChI is InChI=1S/C15H17NO/c1-9-5-3-8-12-13(10(2)16-14(9)12)15(17)11-6-4-7-11/h3,5,8,11,16H,4,6-7H2,1-2H3. The second kappa shape index (κ2) is 3.73. The van der Waals surface area contributed by atoms with Gasteiger partial charge in [-0.3, -0.25) is 4.79 Å². The molecule has 17 heavy (non-hydrogen) atoms. The summed E-state index contributed by atoms with van der Waals surface area (Å²) in [6, 6.07) is 6.16. The third-order valence-corrected chi connectivity index (χ3v) is 3.95. The molecule has 0 atom stereocenters. The van der Waals surface area contributed by atoms with Crippen molar-refractivity contribution < 1.29 is 4.79 Å². The number of H-pyrrole nitrogens is 1. The molecule has 0 saturated heterocycles. The molecule has 0 spiro atoms. The summed E-state index contributed by atoms with van der Waals surface area (Å²) in [7, 11) is 0. The number of carbonyl (C=O) groups is 1. The van der Waals surface area contributed by atoms with Crippen molar-refractivity contribution in [3.05, 3.63) is 35.0 Å². The summed E-state index contributed by atoms with van der Waals surface area (Å²) in [6.45, 7) is 4.08. The van der Waals surface area contributed by atoms with Gasteiger partial charge in [0.15, 0.2) is 5.78 Å². The summed E-state index contributed by atoms with van der Waals surface area (Å²) < 4.78 is 0. The number of ketones is 1. The Bertz CT molecular complexity index is 590. The second-order valence-electron chi connectivity index (χ2n) is 5.11. The number of Topliss-reactive ketones (excluding diaryl/α,β-unsaturated/α-hetero) is 1. The molecule has 1 aromatic heterocycles. The molecule has 1 N–H and O–H groups in total. The first-order valence-corrected chi connectivity index (χ1v) is 6.30. The van der Waals surface area contributed by atoms with E-state index in [1.165, 1.54) is 12.0 Å². The lowest BCUT2D eigenvalue weighted by Crippen LogP contribution is -2.22. The topological polar surface area (TPSA) is 32.9 Å². The molecule has 0 bridgehead atoms. The van der Waals surface area contributed by atoms with Crippen molar-refractivity contribution in [1.29, 1.82) is 0 Å². The minimum atomic E-state index is 0.271. The monoisotopic (exact) mass is 227 g/mol. The second-order valence-corrected chi connectivity index (χ2v) is 5.11. The molecule has 0 unspecified atom stereocenters. The van der Waals surface area contributed by atoms with Crippen LogP contribution in [0.25, 0.3) is 10.9 Å². The molecule has 0 amide bonds. The fraction of sp³-hybridized carbons (Fsp3) is 0.400. The molecule has 1 heterocycles. The van der Waals surface area contributed by atoms with Gasteiger partial charge in [0.2, 0.25) is 0 Å². The van der Waals surface area contributed by atoms with E-state index in [4.69, 9.17) is 0 Å². The maximum atomic E-state index is 12.4. The molecule has 2 aromatic rings. The van der Waals surface area contributed by atoms with Crippen LogP contribution in [-0.4, -0.2) is 10.8 Å². The van der Waals surface area contributed by atoms with E-state index in [-0.39, 0.29) is 5.92 Å². The van der Waals surface area contributed by atoms with E-state index in [0.717, 1.165) is 35.0 Å². The highest BCUT2D eigenvalue weighted by Gasteiger charge is 2.29. The quantitative estimate of drug-likeness (QED) is 0.778. The van der Waals surface area contributed by atoms with Crippen LogP contribution >= 0.6 is 0 Å². The molecule has 2 nitrogen and oxygen atoms in total. The molecule has 1 aliphatic rings. The summed E-state index contributed by atoms with van der Waals surface area (Å²) in [6.07, 6.45) is 3.34. The molecule has 3 rings (SSSR count). The zero-order valence-electron chi connectivity index (χ0n) is 10.3. The Balaban J connectivity index is 2.18. The molecule has 1 aliphatic carbocycles. The van der Waals surface area contributed by atoms with E-state index in [2.05, 4.69) is 24.0 Å². The number of carbonyl (C=O) groups excluding carboxylic acids is 1.